The van der Waals surface area contributed by atoms with Crippen LogP contribution in [0.3, 0.4) is 0 Å². The van der Waals surface area contributed by atoms with Crippen molar-refractivity contribution in [2.45, 2.75) is 116 Å². The average molecular weight is 505 g/mol. The predicted molar refractivity (Wildman–Crippen MR) is 147 cm³/mol. The molecular formula is C27H48O3Si3. The molecule has 1 aromatic rings. The van der Waals surface area contributed by atoms with Crippen LogP contribution in [0.2, 0.25) is 58.9 Å². The van der Waals surface area contributed by atoms with Crippen molar-refractivity contribution < 1.29 is 13.3 Å². The Labute approximate surface area is 206 Å². The maximum atomic E-state index is 6.96. The highest BCUT2D eigenvalue weighted by molar-refractivity contribution is 6.70. The lowest BCUT2D eigenvalue weighted by Gasteiger charge is -2.51. The molecule has 0 aliphatic heterocycles. The van der Waals surface area contributed by atoms with Gasteiger partial charge in [0, 0.05) is 0 Å². The third-order valence-corrected chi connectivity index (χ3v) is 10.8. The van der Waals surface area contributed by atoms with Crippen molar-refractivity contribution in [3.63, 3.8) is 0 Å². The smallest absolute Gasteiger partial charge is 0.242 e. The number of hydrogen-bond donors (Lipinski definition) is 0. The van der Waals surface area contributed by atoms with E-state index in [1.165, 1.54) is 32.1 Å². The van der Waals surface area contributed by atoms with Gasteiger partial charge in [-0.1, -0.05) is 13.0 Å². The van der Waals surface area contributed by atoms with Crippen LogP contribution in [0, 0.1) is 17.3 Å². The minimum Gasteiger partial charge on any atom is -0.544 e. The Hall–Kier alpha value is -0.409. The fourth-order valence-corrected chi connectivity index (χ4v) is 10.2. The fraction of sp³-hybridized carbons (Fsp3) is 0.778. The molecule has 0 aromatic heterocycles. The Kier molecular flexibility index (Phi) is 6.70. The summed E-state index contributed by atoms with van der Waals surface area (Å²) in [7, 11) is -4.89. The van der Waals surface area contributed by atoms with E-state index in [0.29, 0.717) is 11.8 Å². The number of aryl methyl sites for hydroxylation is 1. The summed E-state index contributed by atoms with van der Waals surface area (Å²) in [4.78, 5) is 0. The SMILES string of the molecule is C[C@]12CCC3c4ccc(O[Si](C)(C)C)cc4CCC3C1C[C@H](O[Si](C)(C)C)[C@H]2O[Si](C)(C)C. The van der Waals surface area contributed by atoms with Crippen molar-refractivity contribution in [2.75, 3.05) is 0 Å². The van der Waals surface area contributed by atoms with Gasteiger partial charge in [-0.2, -0.15) is 0 Å². The van der Waals surface area contributed by atoms with Crippen molar-refractivity contribution in [3.05, 3.63) is 29.3 Å². The molecule has 33 heavy (non-hydrogen) atoms. The summed E-state index contributed by atoms with van der Waals surface area (Å²) in [5.74, 6) is 3.22. The lowest BCUT2D eigenvalue weighted by Crippen LogP contribution is -2.50. The van der Waals surface area contributed by atoms with Gasteiger partial charge in [0.15, 0.2) is 16.6 Å². The zero-order valence-corrected chi connectivity index (χ0v) is 25.9. The third kappa shape index (κ3) is 5.55. The Morgan fingerprint density at radius 3 is 2.12 bits per heavy atom. The molecule has 3 aliphatic rings. The monoisotopic (exact) mass is 504 g/mol. The van der Waals surface area contributed by atoms with Crippen molar-refractivity contribution >= 4 is 25.0 Å². The standard InChI is InChI=1S/C27H48O3Si3/c1-27-16-15-22-21-14-12-20(28-31(2,3)4)17-19(21)11-13-23(22)24(27)18-25(29-32(5,6)7)26(27)30-33(8,9)10/h12,14,17,22-26H,11,13,15-16,18H2,1-10H3/t22?,23?,24?,25-,26+,27-/m0/s1. The Morgan fingerprint density at radius 2 is 1.52 bits per heavy atom. The van der Waals surface area contributed by atoms with Crippen LogP contribution in [0.4, 0.5) is 0 Å². The summed E-state index contributed by atoms with van der Waals surface area (Å²) in [6.07, 6.45) is 6.74. The van der Waals surface area contributed by atoms with Crippen LogP contribution in [-0.2, 0) is 15.3 Å². The van der Waals surface area contributed by atoms with Crippen molar-refractivity contribution in [3.8, 4) is 5.75 Å². The molecule has 0 bridgehead atoms. The number of benzene rings is 1. The summed E-state index contributed by atoms with van der Waals surface area (Å²) in [5, 5.41) is 0. The topological polar surface area (TPSA) is 27.7 Å². The molecule has 3 aliphatic carbocycles. The molecule has 1 aromatic carbocycles. The molecule has 0 spiro atoms. The number of fused-ring (bicyclic) bond motifs is 5. The largest absolute Gasteiger partial charge is 0.544 e. The van der Waals surface area contributed by atoms with Crippen LogP contribution >= 0.6 is 0 Å². The van der Waals surface area contributed by atoms with Gasteiger partial charge in [0.1, 0.15) is 5.75 Å². The molecule has 186 valence electrons. The summed E-state index contributed by atoms with van der Waals surface area (Å²) >= 11 is 0. The van der Waals surface area contributed by atoms with Crippen LogP contribution in [0.5, 0.6) is 5.75 Å². The Bertz CT molecular complexity index is 867. The molecule has 6 heteroatoms. The second kappa shape index (κ2) is 8.61. The molecule has 4 rings (SSSR count). The van der Waals surface area contributed by atoms with Crippen LogP contribution < -0.4 is 4.43 Å². The summed E-state index contributed by atoms with van der Waals surface area (Å²) < 4.78 is 20.1. The average Bonchev–Trinajstić information content (AvgIpc) is 2.89. The quantitative estimate of drug-likeness (QED) is 0.370. The van der Waals surface area contributed by atoms with Gasteiger partial charge >= 0.3 is 0 Å². The van der Waals surface area contributed by atoms with Gasteiger partial charge in [0.05, 0.1) is 12.2 Å². The summed E-state index contributed by atoms with van der Waals surface area (Å²) in [6.45, 7) is 23.4. The van der Waals surface area contributed by atoms with Crippen LogP contribution in [0.25, 0.3) is 0 Å². The summed E-state index contributed by atoms with van der Waals surface area (Å²) in [6, 6.07) is 7.02. The number of rotatable bonds is 6. The third-order valence-electron chi connectivity index (χ3n) is 8.02. The molecule has 2 fully saturated rings. The first kappa shape index (κ1) is 25.7. The first-order chi connectivity index (χ1) is 15.1. The van der Waals surface area contributed by atoms with Crippen molar-refractivity contribution in [1.29, 1.82) is 0 Å². The van der Waals surface area contributed by atoms with E-state index in [0.717, 1.165) is 11.7 Å². The minimum absolute atomic E-state index is 0.240. The summed E-state index contributed by atoms with van der Waals surface area (Å²) in [5.41, 5.74) is 3.39. The van der Waals surface area contributed by atoms with E-state index >= 15 is 0 Å². The van der Waals surface area contributed by atoms with Crippen LogP contribution in [-0.4, -0.2) is 37.2 Å². The van der Waals surface area contributed by atoms with E-state index in [4.69, 9.17) is 13.3 Å². The second-order valence-corrected chi connectivity index (χ2v) is 27.5. The van der Waals surface area contributed by atoms with Gasteiger partial charge in [0.25, 0.3) is 0 Å². The molecular weight excluding hydrogens is 457 g/mol. The van der Waals surface area contributed by atoms with Gasteiger partial charge in [0.2, 0.25) is 8.32 Å². The Balaban J connectivity index is 1.62. The first-order valence-electron chi connectivity index (χ1n) is 13.2. The van der Waals surface area contributed by atoms with E-state index in [1.807, 2.05) is 0 Å². The van der Waals surface area contributed by atoms with Gasteiger partial charge < -0.3 is 13.3 Å². The maximum Gasteiger partial charge on any atom is 0.242 e. The van der Waals surface area contributed by atoms with E-state index in [2.05, 4.69) is 84.0 Å². The van der Waals surface area contributed by atoms with E-state index in [9.17, 15) is 0 Å². The molecule has 0 saturated heterocycles. The molecule has 3 nitrogen and oxygen atoms in total. The van der Waals surface area contributed by atoms with Gasteiger partial charge in [-0.3, -0.25) is 0 Å². The molecule has 3 unspecified atom stereocenters. The predicted octanol–water partition coefficient (Wildman–Crippen LogP) is 7.81. The highest BCUT2D eigenvalue weighted by Crippen LogP contribution is 2.62. The molecule has 0 N–H and O–H groups in total. The molecule has 2 saturated carbocycles. The lowest BCUT2D eigenvalue weighted by atomic mass is 9.55. The maximum absolute atomic E-state index is 6.96. The molecule has 6 atom stereocenters. The lowest BCUT2D eigenvalue weighted by molar-refractivity contribution is -0.0363. The highest BCUT2D eigenvalue weighted by atomic mass is 28.4. The van der Waals surface area contributed by atoms with Gasteiger partial charge in [-0.25, -0.2) is 0 Å². The zero-order chi connectivity index (χ0) is 24.4. The second-order valence-electron chi connectivity index (χ2n) is 14.2. The highest BCUT2D eigenvalue weighted by Gasteiger charge is 2.60. The van der Waals surface area contributed by atoms with Crippen molar-refractivity contribution in [2.24, 2.45) is 17.3 Å². The van der Waals surface area contributed by atoms with E-state index in [1.54, 1.807) is 11.1 Å². The molecule has 0 heterocycles. The number of hydrogen-bond acceptors (Lipinski definition) is 3. The zero-order valence-electron chi connectivity index (χ0n) is 22.9. The molecule has 0 amide bonds. The van der Waals surface area contributed by atoms with E-state index < -0.39 is 25.0 Å². The normalized spacial score (nSPS) is 34.4. The molecule has 0 radical (unpaired) electrons. The van der Waals surface area contributed by atoms with Gasteiger partial charge in [-0.05, 0) is 137 Å². The fourth-order valence-electron chi connectivity index (χ4n) is 7.07. The van der Waals surface area contributed by atoms with Crippen molar-refractivity contribution in [1.82, 2.24) is 0 Å². The first-order valence-corrected chi connectivity index (χ1v) is 23.5. The van der Waals surface area contributed by atoms with Gasteiger partial charge in [-0.15, -0.1) is 0 Å². The van der Waals surface area contributed by atoms with E-state index in [-0.39, 0.29) is 17.6 Å². The minimum atomic E-state index is -1.67. The van der Waals surface area contributed by atoms with Crippen LogP contribution in [0.15, 0.2) is 18.2 Å². The Morgan fingerprint density at radius 1 is 0.848 bits per heavy atom. The van der Waals surface area contributed by atoms with Crippen LogP contribution in [0.1, 0.15) is 49.7 Å².